The number of nitrogens with one attached hydrogen (secondary N) is 1. The molecule has 9 heteroatoms. The molecular weight excluding hydrogens is 412 g/mol. The van der Waals surface area contributed by atoms with Crippen LogP contribution in [0, 0.1) is 5.92 Å². The largest absolute Gasteiger partial charge is 0.469 e. The average Bonchev–Trinajstić information content (AvgIpc) is 2.63. The molecule has 0 unspecified atom stereocenters. The number of benzene rings is 1. The monoisotopic (exact) mass is 433 g/mol. The van der Waals surface area contributed by atoms with Crippen molar-refractivity contribution in [2.75, 3.05) is 27.2 Å². The van der Waals surface area contributed by atoms with Gasteiger partial charge in [-0.2, -0.15) is 8.78 Å². The normalized spacial score (nSPS) is 15.9. The van der Waals surface area contributed by atoms with Crippen molar-refractivity contribution in [2.45, 2.75) is 26.0 Å². The van der Waals surface area contributed by atoms with Gasteiger partial charge in [0.25, 0.3) is 0 Å². The van der Waals surface area contributed by atoms with E-state index in [1.807, 2.05) is 4.90 Å². The quantitative estimate of drug-likeness (QED) is 0.439. The summed E-state index contributed by atoms with van der Waals surface area (Å²) in [6.45, 7) is -1.27. The minimum absolute atomic E-state index is 0.0921. The van der Waals surface area contributed by atoms with Gasteiger partial charge in [0.2, 0.25) is 0 Å². The van der Waals surface area contributed by atoms with Crippen LogP contribution in [0.3, 0.4) is 0 Å². The van der Waals surface area contributed by atoms with Crippen molar-refractivity contribution >= 4 is 27.9 Å². The van der Waals surface area contributed by atoms with Crippen molar-refractivity contribution in [3.8, 4) is 5.75 Å². The summed E-state index contributed by atoms with van der Waals surface area (Å²) in [6.07, 6.45) is 1.37. The zero-order valence-electron chi connectivity index (χ0n) is 14.7. The number of carbonyl (C=O) groups excluding carboxylic acids is 1. The summed E-state index contributed by atoms with van der Waals surface area (Å²) in [6, 6.07) is 4.87. The maximum absolute atomic E-state index is 12.6. The van der Waals surface area contributed by atoms with Gasteiger partial charge in [-0.25, -0.2) is 0 Å². The van der Waals surface area contributed by atoms with E-state index in [1.54, 1.807) is 19.2 Å². The van der Waals surface area contributed by atoms with Crippen molar-refractivity contribution in [1.82, 2.24) is 10.2 Å². The molecule has 2 rings (SSSR count). The highest BCUT2D eigenvalue weighted by molar-refractivity contribution is 9.10. The van der Waals surface area contributed by atoms with Gasteiger partial charge in [0, 0.05) is 36.7 Å². The molecule has 1 fully saturated rings. The van der Waals surface area contributed by atoms with Gasteiger partial charge in [-0.05, 0) is 31.0 Å². The molecule has 0 saturated carbocycles. The number of alkyl halides is 2. The van der Waals surface area contributed by atoms with E-state index in [9.17, 15) is 13.6 Å². The fourth-order valence-corrected chi connectivity index (χ4v) is 3.31. The fourth-order valence-electron chi connectivity index (χ4n) is 2.90. The number of esters is 1. The summed E-state index contributed by atoms with van der Waals surface area (Å²) in [5.41, 5.74) is 0.588. The van der Waals surface area contributed by atoms with Gasteiger partial charge >= 0.3 is 12.6 Å². The van der Waals surface area contributed by atoms with Gasteiger partial charge in [0.05, 0.1) is 13.0 Å². The number of likely N-dealkylation sites (tertiary alicyclic amines) is 1. The first-order chi connectivity index (χ1) is 12.4. The number of aliphatic imine (C=N–C) groups is 1. The van der Waals surface area contributed by atoms with Crippen molar-refractivity contribution < 1.29 is 23.0 Å². The number of hydrogen-bond acceptors (Lipinski definition) is 4. The number of nitrogens with zero attached hydrogens (tertiary/aromatic N) is 2. The van der Waals surface area contributed by atoms with Crippen LogP contribution >= 0.6 is 15.9 Å². The molecule has 1 aliphatic rings. The average molecular weight is 434 g/mol. The minimum atomic E-state index is -2.88. The Morgan fingerprint density at radius 2 is 2.12 bits per heavy atom. The SMILES string of the molecule is CN=C(NCc1cc(Br)ccc1OC(F)F)N1CCC(C(=O)OC)CC1. The molecule has 26 heavy (non-hydrogen) atoms. The molecule has 1 aromatic rings. The van der Waals surface area contributed by atoms with E-state index in [4.69, 9.17) is 4.74 Å². The topological polar surface area (TPSA) is 63.2 Å². The fraction of sp³-hybridized carbons (Fsp3) is 0.529. The molecule has 1 aliphatic heterocycles. The van der Waals surface area contributed by atoms with E-state index < -0.39 is 6.61 Å². The molecule has 6 nitrogen and oxygen atoms in total. The third kappa shape index (κ3) is 5.55. The van der Waals surface area contributed by atoms with E-state index in [-0.39, 0.29) is 24.2 Å². The van der Waals surface area contributed by atoms with Crippen LogP contribution in [0.5, 0.6) is 5.75 Å². The van der Waals surface area contributed by atoms with Crippen LogP contribution in [0.1, 0.15) is 18.4 Å². The van der Waals surface area contributed by atoms with Crippen molar-refractivity contribution in [3.05, 3.63) is 28.2 Å². The molecule has 0 atom stereocenters. The molecule has 0 aliphatic carbocycles. The van der Waals surface area contributed by atoms with E-state index in [0.717, 1.165) is 4.47 Å². The van der Waals surface area contributed by atoms with Crippen molar-refractivity contribution in [2.24, 2.45) is 10.9 Å². The molecule has 1 saturated heterocycles. The molecular formula is C17H22BrF2N3O3. The molecule has 0 bridgehead atoms. The Labute approximate surface area is 159 Å². The van der Waals surface area contributed by atoms with Gasteiger partial charge in [-0.15, -0.1) is 0 Å². The molecule has 0 aromatic heterocycles. The van der Waals surface area contributed by atoms with Crippen LogP contribution in [0.2, 0.25) is 0 Å². The lowest BCUT2D eigenvalue weighted by Crippen LogP contribution is -2.46. The maximum Gasteiger partial charge on any atom is 0.387 e. The van der Waals surface area contributed by atoms with Crippen molar-refractivity contribution in [1.29, 1.82) is 0 Å². The van der Waals surface area contributed by atoms with Crippen LogP contribution < -0.4 is 10.1 Å². The zero-order chi connectivity index (χ0) is 19.1. The van der Waals surface area contributed by atoms with Gasteiger partial charge in [0.15, 0.2) is 5.96 Å². The molecule has 0 spiro atoms. The van der Waals surface area contributed by atoms with E-state index in [1.165, 1.54) is 13.2 Å². The van der Waals surface area contributed by atoms with Crippen LogP contribution in [0.4, 0.5) is 8.78 Å². The molecule has 0 radical (unpaired) electrons. The summed E-state index contributed by atoms with van der Waals surface area (Å²) in [4.78, 5) is 17.9. The van der Waals surface area contributed by atoms with Crippen LogP contribution in [-0.2, 0) is 16.1 Å². The smallest absolute Gasteiger partial charge is 0.387 e. The van der Waals surface area contributed by atoms with Crippen molar-refractivity contribution in [3.63, 3.8) is 0 Å². The minimum Gasteiger partial charge on any atom is -0.469 e. The summed E-state index contributed by atoms with van der Waals surface area (Å²) in [5, 5.41) is 3.17. The number of hydrogen-bond donors (Lipinski definition) is 1. The molecule has 1 aromatic carbocycles. The predicted octanol–water partition coefficient (Wildman–Crippen LogP) is 3.01. The summed E-state index contributed by atoms with van der Waals surface area (Å²) in [7, 11) is 3.05. The Morgan fingerprint density at radius 1 is 1.42 bits per heavy atom. The number of carbonyl (C=O) groups is 1. The lowest BCUT2D eigenvalue weighted by atomic mass is 9.97. The molecule has 1 N–H and O–H groups in total. The number of methoxy groups -OCH3 is 1. The second kappa shape index (κ2) is 9.70. The molecule has 1 heterocycles. The van der Waals surface area contributed by atoms with Gasteiger partial charge < -0.3 is 19.7 Å². The number of halogens is 3. The summed E-state index contributed by atoms with van der Waals surface area (Å²) < 4.78 is 35.3. The van der Waals surface area contributed by atoms with Crippen LogP contribution in [0.25, 0.3) is 0 Å². The number of ether oxygens (including phenoxy) is 2. The molecule has 0 amide bonds. The number of guanidine groups is 1. The van der Waals surface area contributed by atoms with Gasteiger partial charge in [0.1, 0.15) is 5.75 Å². The number of piperidine rings is 1. The predicted molar refractivity (Wildman–Crippen MR) is 97.3 cm³/mol. The summed E-state index contributed by atoms with van der Waals surface area (Å²) >= 11 is 3.33. The number of rotatable bonds is 5. The second-order valence-corrected chi connectivity index (χ2v) is 6.73. The van der Waals surface area contributed by atoms with Crippen LogP contribution in [0.15, 0.2) is 27.7 Å². The Hall–Kier alpha value is -1.90. The highest BCUT2D eigenvalue weighted by atomic mass is 79.9. The van der Waals surface area contributed by atoms with E-state index in [2.05, 4.69) is 31.0 Å². The first-order valence-corrected chi connectivity index (χ1v) is 9.00. The van der Waals surface area contributed by atoms with Gasteiger partial charge in [-0.3, -0.25) is 9.79 Å². The Morgan fingerprint density at radius 3 is 2.69 bits per heavy atom. The first-order valence-electron chi connectivity index (χ1n) is 8.21. The summed E-state index contributed by atoms with van der Waals surface area (Å²) in [5.74, 6) is 0.493. The third-order valence-corrected chi connectivity index (χ3v) is 4.71. The Balaban J connectivity index is 1.98. The van der Waals surface area contributed by atoms with E-state index >= 15 is 0 Å². The molecule has 144 valence electrons. The van der Waals surface area contributed by atoms with E-state index in [0.29, 0.717) is 37.5 Å². The Bertz CT molecular complexity index is 650. The lowest BCUT2D eigenvalue weighted by Gasteiger charge is -2.33. The highest BCUT2D eigenvalue weighted by Crippen LogP contribution is 2.25. The first kappa shape index (κ1) is 20.4. The maximum atomic E-state index is 12.6. The highest BCUT2D eigenvalue weighted by Gasteiger charge is 2.27. The second-order valence-electron chi connectivity index (χ2n) is 5.82. The Kier molecular flexibility index (Phi) is 7.62. The van der Waals surface area contributed by atoms with Crippen LogP contribution in [-0.4, -0.2) is 50.7 Å². The lowest BCUT2D eigenvalue weighted by molar-refractivity contribution is -0.146. The van der Waals surface area contributed by atoms with Gasteiger partial charge in [-0.1, -0.05) is 15.9 Å². The standard InChI is InChI=1S/C17H22BrF2N3O3/c1-21-17(23-7-5-11(6-8-23)15(24)25-2)22-10-12-9-13(18)3-4-14(12)26-16(19)20/h3-4,9,11,16H,5-8,10H2,1-2H3,(H,21,22). The third-order valence-electron chi connectivity index (χ3n) is 4.22. The zero-order valence-corrected chi connectivity index (χ0v) is 16.3.